The summed E-state index contributed by atoms with van der Waals surface area (Å²) in [6.07, 6.45) is 1.20. The fourth-order valence-corrected chi connectivity index (χ4v) is 2.05. The van der Waals surface area contributed by atoms with E-state index in [4.69, 9.17) is 4.74 Å². The summed E-state index contributed by atoms with van der Waals surface area (Å²) in [4.78, 5) is 13.3. The molecule has 2 aromatic carbocycles. The number of rotatable bonds is 6. The number of hydrogen-bond acceptors (Lipinski definition) is 2. The monoisotopic (exact) mass is 283 g/mol. The highest BCUT2D eigenvalue weighted by Crippen LogP contribution is 2.21. The van der Waals surface area contributed by atoms with Gasteiger partial charge >= 0.3 is 0 Å². The van der Waals surface area contributed by atoms with Crippen LogP contribution in [0.3, 0.4) is 0 Å². The van der Waals surface area contributed by atoms with Crippen molar-refractivity contribution < 1.29 is 9.53 Å². The van der Waals surface area contributed by atoms with Gasteiger partial charge in [-0.15, -0.1) is 0 Å². The van der Waals surface area contributed by atoms with Crippen LogP contribution in [0.4, 0.5) is 0 Å². The van der Waals surface area contributed by atoms with E-state index in [1.807, 2.05) is 54.6 Å². The molecule has 1 amide bonds. The molecule has 0 N–H and O–H groups in total. The lowest BCUT2D eigenvalue weighted by Gasteiger charge is -2.13. The van der Waals surface area contributed by atoms with Crippen LogP contribution in [0.5, 0.6) is 5.75 Å². The Labute approximate surface area is 126 Å². The quantitative estimate of drug-likeness (QED) is 0.814. The minimum absolute atomic E-state index is 0.132. The zero-order valence-corrected chi connectivity index (χ0v) is 12.6. The Morgan fingerprint density at radius 3 is 2.38 bits per heavy atom. The summed E-state index contributed by atoms with van der Waals surface area (Å²) in [5.41, 5.74) is 2.21. The van der Waals surface area contributed by atoms with E-state index in [2.05, 4.69) is 0 Å². The molecule has 2 rings (SSSR count). The molecule has 0 heterocycles. The molecule has 0 aliphatic heterocycles. The molecule has 0 aliphatic rings. The molecule has 0 bridgehead atoms. The Balaban J connectivity index is 1.98. The zero-order valence-electron chi connectivity index (χ0n) is 12.6. The molecular formula is C18H21NO2. The van der Waals surface area contributed by atoms with Crippen LogP contribution >= 0.6 is 0 Å². The molecule has 21 heavy (non-hydrogen) atoms. The van der Waals surface area contributed by atoms with Crippen LogP contribution in [0.1, 0.15) is 17.5 Å². The van der Waals surface area contributed by atoms with E-state index in [1.54, 1.807) is 19.0 Å². The largest absolute Gasteiger partial charge is 0.489 e. The third-order valence-corrected chi connectivity index (χ3v) is 3.32. The smallest absolute Gasteiger partial charge is 0.222 e. The number of para-hydroxylation sites is 1. The van der Waals surface area contributed by atoms with Crippen molar-refractivity contribution in [2.45, 2.75) is 19.4 Å². The molecule has 0 aromatic heterocycles. The summed E-state index contributed by atoms with van der Waals surface area (Å²) in [7, 11) is 3.56. The molecule has 110 valence electrons. The van der Waals surface area contributed by atoms with Crippen molar-refractivity contribution in [3.8, 4) is 5.75 Å². The maximum absolute atomic E-state index is 11.7. The Bertz CT molecular complexity index is 579. The van der Waals surface area contributed by atoms with E-state index in [0.717, 1.165) is 16.9 Å². The molecule has 0 saturated heterocycles. The maximum Gasteiger partial charge on any atom is 0.222 e. The van der Waals surface area contributed by atoms with Crippen molar-refractivity contribution in [1.82, 2.24) is 4.90 Å². The number of aryl methyl sites for hydroxylation is 1. The highest BCUT2D eigenvalue weighted by atomic mass is 16.5. The number of benzene rings is 2. The van der Waals surface area contributed by atoms with Crippen molar-refractivity contribution in [2.24, 2.45) is 0 Å². The van der Waals surface area contributed by atoms with E-state index in [1.165, 1.54) is 0 Å². The fourth-order valence-electron chi connectivity index (χ4n) is 2.05. The molecule has 0 spiro atoms. The summed E-state index contributed by atoms with van der Waals surface area (Å²) in [6.45, 7) is 0.541. The molecule has 3 nitrogen and oxygen atoms in total. The standard InChI is InChI=1S/C18H21NO2/c1-19(2)18(20)13-12-16-10-6-7-11-17(16)21-14-15-8-4-3-5-9-15/h3-11H,12-14H2,1-2H3. The Morgan fingerprint density at radius 2 is 1.67 bits per heavy atom. The van der Waals surface area contributed by atoms with Crippen molar-refractivity contribution in [2.75, 3.05) is 14.1 Å². The first kappa shape index (κ1) is 15.1. The summed E-state index contributed by atoms with van der Waals surface area (Å²) >= 11 is 0. The lowest BCUT2D eigenvalue weighted by atomic mass is 10.1. The molecule has 0 radical (unpaired) electrons. The number of ether oxygens (including phenoxy) is 1. The van der Waals surface area contributed by atoms with Crippen LogP contribution in [0.25, 0.3) is 0 Å². The van der Waals surface area contributed by atoms with Crippen LogP contribution in [0.15, 0.2) is 54.6 Å². The summed E-state index contributed by atoms with van der Waals surface area (Å²) in [5, 5.41) is 0. The molecule has 0 atom stereocenters. The van der Waals surface area contributed by atoms with Crippen molar-refractivity contribution >= 4 is 5.91 Å². The summed E-state index contributed by atoms with van der Waals surface area (Å²) in [5.74, 6) is 0.987. The first-order valence-corrected chi connectivity index (χ1v) is 7.11. The molecule has 0 fully saturated rings. The Morgan fingerprint density at radius 1 is 1.00 bits per heavy atom. The molecule has 0 unspecified atom stereocenters. The highest BCUT2D eigenvalue weighted by molar-refractivity contribution is 5.75. The van der Waals surface area contributed by atoms with E-state index >= 15 is 0 Å². The molecular weight excluding hydrogens is 262 g/mol. The van der Waals surface area contributed by atoms with Crippen molar-refractivity contribution in [1.29, 1.82) is 0 Å². The molecule has 0 aliphatic carbocycles. The first-order chi connectivity index (χ1) is 10.2. The first-order valence-electron chi connectivity index (χ1n) is 7.11. The predicted octanol–water partition coefficient (Wildman–Crippen LogP) is 3.29. The molecule has 3 heteroatoms. The van der Waals surface area contributed by atoms with Crippen LogP contribution in [-0.4, -0.2) is 24.9 Å². The van der Waals surface area contributed by atoms with Gasteiger partial charge in [0, 0.05) is 20.5 Å². The summed E-state index contributed by atoms with van der Waals surface area (Å²) in [6, 6.07) is 18.0. The minimum Gasteiger partial charge on any atom is -0.489 e. The number of hydrogen-bond donors (Lipinski definition) is 0. The Hall–Kier alpha value is -2.29. The third kappa shape index (κ3) is 4.63. The third-order valence-electron chi connectivity index (χ3n) is 3.32. The number of amides is 1. The molecule has 0 saturated carbocycles. The fraction of sp³-hybridized carbons (Fsp3) is 0.278. The number of carbonyl (C=O) groups excluding carboxylic acids is 1. The van der Waals surface area contributed by atoms with Crippen molar-refractivity contribution in [3.05, 3.63) is 65.7 Å². The zero-order chi connectivity index (χ0) is 15.1. The lowest BCUT2D eigenvalue weighted by Crippen LogP contribution is -2.21. The van der Waals surface area contributed by atoms with Gasteiger partial charge in [0.05, 0.1) is 0 Å². The van der Waals surface area contributed by atoms with Crippen LogP contribution in [-0.2, 0) is 17.8 Å². The van der Waals surface area contributed by atoms with Crippen LogP contribution in [0.2, 0.25) is 0 Å². The second-order valence-electron chi connectivity index (χ2n) is 5.17. The van der Waals surface area contributed by atoms with E-state index < -0.39 is 0 Å². The van der Waals surface area contributed by atoms with E-state index in [-0.39, 0.29) is 5.91 Å². The van der Waals surface area contributed by atoms with Gasteiger partial charge in [-0.1, -0.05) is 48.5 Å². The van der Waals surface area contributed by atoms with Gasteiger partial charge in [-0.3, -0.25) is 4.79 Å². The van der Waals surface area contributed by atoms with Crippen LogP contribution < -0.4 is 4.74 Å². The van der Waals surface area contributed by atoms with Gasteiger partial charge in [-0.25, -0.2) is 0 Å². The van der Waals surface area contributed by atoms with Gasteiger partial charge in [0.1, 0.15) is 12.4 Å². The predicted molar refractivity (Wildman–Crippen MR) is 84.2 cm³/mol. The topological polar surface area (TPSA) is 29.5 Å². The van der Waals surface area contributed by atoms with Gasteiger partial charge in [-0.2, -0.15) is 0 Å². The molecule has 2 aromatic rings. The average Bonchev–Trinajstić information content (AvgIpc) is 2.52. The SMILES string of the molecule is CN(C)C(=O)CCc1ccccc1OCc1ccccc1. The summed E-state index contributed by atoms with van der Waals surface area (Å²) < 4.78 is 5.89. The minimum atomic E-state index is 0.132. The normalized spacial score (nSPS) is 10.2. The number of carbonyl (C=O) groups is 1. The van der Waals surface area contributed by atoms with E-state index in [9.17, 15) is 4.79 Å². The van der Waals surface area contributed by atoms with E-state index in [0.29, 0.717) is 19.4 Å². The average molecular weight is 283 g/mol. The van der Waals surface area contributed by atoms with Gasteiger partial charge in [-0.05, 0) is 23.6 Å². The highest BCUT2D eigenvalue weighted by Gasteiger charge is 2.08. The second kappa shape index (κ2) is 7.48. The second-order valence-corrected chi connectivity index (χ2v) is 5.17. The Kier molecular flexibility index (Phi) is 5.38. The van der Waals surface area contributed by atoms with Gasteiger partial charge in [0.15, 0.2) is 0 Å². The van der Waals surface area contributed by atoms with Gasteiger partial charge in [0.25, 0.3) is 0 Å². The number of nitrogens with zero attached hydrogens (tertiary/aromatic N) is 1. The van der Waals surface area contributed by atoms with Crippen molar-refractivity contribution in [3.63, 3.8) is 0 Å². The lowest BCUT2D eigenvalue weighted by molar-refractivity contribution is -0.128. The van der Waals surface area contributed by atoms with Gasteiger partial charge < -0.3 is 9.64 Å². The van der Waals surface area contributed by atoms with Crippen LogP contribution in [0, 0.1) is 0 Å². The maximum atomic E-state index is 11.7. The van der Waals surface area contributed by atoms with Gasteiger partial charge in [0.2, 0.25) is 5.91 Å².